The largest absolute Gasteiger partial charge is 0.396 e. The Bertz CT molecular complexity index is 160. The highest BCUT2D eigenvalue weighted by Crippen LogP contribution is 2.15. The molecule has 0 saturated carbocycles. The SMILES string of the molecule is CO[Si](CO)(CCCCC(C)=O)OC. The highest BCUT2D eigenvalue weighted by molar-refractivity contribution is 6.67. The number of aliphatic hydroxyl groups excluding tert-OH is 1. The Morgan fingerprint density at radius 1 is 1.29 bits per heavy atom. The number of carbonyl (C=O) groups excluding carboxylic acids is 1. The van der Waals surface area contributed by atoms with Crippen molar-refractivity contribution in [2.45, 2.75) is 32.2 Å². The first-order chi connectivity index (χ1) is 6.60. The topological polar surface area (TPSA) is 55.8 Å². The molecule has 0 aliphatic heterocycles. The van der Waals surface area contributed by atoms with Crippen molar-refractivity contribution in [1.29, 1.82) is 0 Å². The van der Waals surface area contributed by atoms with Crippen LogP contribution in [0.4, 0.5) is 0 Å². The lowest BCUT2D eigenvalue weighted by Gasteiger charge is -2.24. The lowest BCUT2D eigenvalue weighted by Crippen LogP contribution is -2.44. The van der Waals surface area contributed by atoms with Crippen LogP contribution in [-0.2, 0) is 13.6 Å². The van der Waals surface area contributed by atoms with E-state index in [0.29, 0.717) is 6.42 Å². The van der Waals surface area contributed by atoms with Crippen LogP contribution in [0, 0.1) is 0 Å². The van der Waals surface area contributed by atoms with Crippen molar-refractivity contribution >= 4 is 14.3 Å². The van der Waals surface area contributed by atoms with E-state index in [1.807, 2.05) is 0 Å². The molecule has 0 aromatic carbocycles. The number of unbranched alkanes of at least 4 members (excludes halogenated alkanes) is 1. The van der Waals surface area contributed by atoms with Gasteiger partial charge in [-0.1, -0.05) is 6.42 Å². The Morgan fingerprint density at radius 2 is 1.86 bits per heavy atom. The lowest BCUT2D eigenvalue weighted by molar-refractivity contribution is -0.117. The number of aliphatic hydroxyl groups is 1. The highest BCUT2D eigenvalue weighted by Gasteiger charge is 2.33. The monoisotopic (exact) mass is 220 g/mol. The van der Waals surface area contributed by atoms with Crippen molar-refractivity contribution in [1.82, 2.24) is 0 Å². The third kappa shape index (κ3) is 4.85. The second-order valence-corrected chi connectivity index (χ2v) is 6.84. The van der Waals surface area contributed by atoms with E-state index in [-0.39, 0.29) is 12.0 Å². The van der Waals surface area contributed by atoms with E-state index in [1.54, 1.807) is 21.1 Å². The van der Waals surface area contributed by atoms with E-state index in [1.165, 1.54) is 0 Å². The molecule has 0 fully saturated rings. The van der Waals surface area contributed by atoms with Crippen LogP contribution < -0.4 is 0 Å². The molecule has 84 valence electrons. The second-order valence-electron chi connectivity index (χ2n) is 3.39. The molecule has 0 aliphatic rings. The van der Waals surface area contributed by atoms with Crippen LogP contribution in [0.5, 0.6) is 0 Å². The molecule has 0 atom stereocenters. The zero-order valence-electron chi connectivity index (χ0n) is 9.21. The first-order valence-electron chi connectivity index (χ1n) is 4.81. The van der Waals surface area contributed by atoms with Crippen LogP contribution in [0.25, 0.3) is 0 Å². The maximum atomic E-state index is 10.7. The number of carbonyl (C=O) groups is 1. The van der Waals surface area contributed by atoms with Gasteiger partial charge in [0.05, 0.1) is 6.23 Å². The Labute approximate surface area is 86.5 Å². The molecule has 14 heavy (non-hydrogen) atoms. The summed E-state index contributed by atoms with van der Waals surface area (Å²) in [6.45, 7) is 1.59. The Kier molecular flexibility index (Phi) is 6.99. The summed E-state index contributed by atoms with van der Waals surface area (Å²) in [4.78, 5) is 10.7. The zero-order valence-corrected chi connectivity index (χ0v) is 10.2. The third-order valence-electron chi connectivity index (χ3n) is 2.32. The summed E-state index contributed by atoms with van der Waals surface area (Å²) in [5.41, 5.74) is 0. The van der Waals surface area contributed by atoms with Crippen molar-refractivity contribution in [3.8, 4) is 0 Å². The van der Waals surface area contributed by atoms with Gasteiger partial charge < -0.3 is 18.8 Å². The summed E-state index contributed by atoms with van der Waals surface area (Å²) in [7, 11) is 0.788. The molecule has 0 unspecified atom stereocenters. The van der Waals surface area contributed by atoms with Gasteiger partial charge in [0.2, 0.25) is 0 Å². The Balaban J connectivity index is 3.77. The van der Waals surface area contributed by atoms with E-state index in [9.17, 15) is 4.79 Å². The summed E-state index contributed by atoms with van der Waals surface area (Å²) in [5, 5.41) is 9.13. The minimum absolute atomic E-state index is 0.0277. The first-order valence-corrected chi connectivity index (χ1v) is 7.04. The van der Waals surface area contributed by atoms with E-state index in [4.69, 9.17) is 14.0 Å². The average Bonchev–Trinajstić information content (AvgIpc) is 2.19. The molecule has 0 aliphatic carbocycles. The van der Waals surface area contributed by atoms with Crippen molar-refractivity contribution in [2.75, 3.05) is 20.4 Å². The fraction of sp³-hybridized carbons (Fsp3) is 0.889. The molecule has 0 amide bonds. The van der Waals surface area contributed by atoms with Crippen molar-refractivity contribution in [2.24, 2.45) is 0 Å². The molecule has 0 rings (SSSR count). The average molecular weight is 220 g/mol. The molecule has 0 saturated heterocycles. The first kappa shape index (κ1) is 13.8. The third-order valence-corrected chi connectivity index (χ3v) is 5.41. The smallest absolute Gasteiger partial charge is 0.363 e. The minimum atomic E-state index is -2.35. The van der Waals surface area contributed by atoms with Crippen LogP contribution >= 0.6 is 0 Å². The van der Waals surface area contributed by atoms with E-state index >= 15 is 0 Å². The maximum Gasteiger partial charge on any atom is 0.363 e. The summed E-state index contributed by atoms with van der Waals surface area (Å²) < 4.78 is 10.5. The molecular weight excluding hydrogens is 200 g/mol. The van der Waals surface area contributed by atoms with Crippen LogP contribution in [0.1, 0.15) is 26.2 Å². The Morgan fingerprint density at radius 3 is 2.21 bits per heavy atom. The highest BCUT2D eigenvalue weighted by atomic mass is 28.4. The van der Waals surface area contributed by atoms with Gasteiger partial charge in [-0.3, -0.25) is 0 Å². The summed E-state index contributed by atoms with van der Waals surface area (Å²) in [6.07, 6.45) is 2.29. The molecule has 0 radical (unpaired) electrons. The van der Waals surface area contributed by atoms with Gasteiger partial charge in [-0.05, 0) is 19.4 Å². The molecule has 5 heteroatoms. The van der Waals surface area contributed by atoms with Gasteiger partial charge >= 0.3 is 8.56 Å². The summed E-state index contributed by atoms with van der Waals surface area (Å²) in [6, 6.07) is 0.740. The van der Waals surface area contributed by atoms with Gasteiger partial charge in [0.25, 0.3) is 0 Å². The van der Waals surface area contributed by atoms with Gasteiger partial charge in [-0.25, -0.2) is 0 Å². The number of Topliss-reactive ketones (excluding diaryl/α,β-unsaturated/α-hetero) is 1. The second kappa shape index (κ2) is 7.11. The fourth-order valence-corrected chi connectivity index (χ4v) is 3.04. The predicted octanol–water partition coefficient (Wildman–Crippen LogP) is 1.01. The van der Waals surface area contributed by atoms with Crippen LogP contribution in [0.15, 0.2) is 0 Å². The van der Waals surface area contributed by atoms with Gasteiger partial charge in [0, 0.05) is 20.6 Å². The van der Waals surface area contributed by atoms with Gasteiger partial charge in [-0.15, -0.1) is 0 Å². The van der Waals surface area contributed by atoms with Crippen molar-refractivity contribution in [3.05, 3.63) is 0 Å². The molecule has 4 nitrogen and oxygen atoms in total. The number of ketones is 1. The summed E-state index contributed by atoms with van der Waals surface area (Å²) in [5.74, 6) is 0.205. The van der Waals surface area contributed by atoms with Gasteiger partial charge in [-0.2, -0.15) is 0 Å². The molecule has 0 heterocycles. The quantitative estimate of drug-likeness (QED) is 0.490. The van der Waals surface area contributed by atoms with Crippen LogP contribution in [-0.4, -0.2) is 39.9 Å². The minimum Gasteiger partial charge on any atom is -0.396 e. The predicted molar refractivity (Wildman–Crippen MR) is 56.2 cm³/mol. The van der Waals surface area contributed by atoms with Gasteiger partial charge in [0.15, 0.2) is 0 Å². The molecular formula is C9H20O4Si. The molecule has 0 spiro atoms. The molecule has 0 aromatic rings. The fourth-order valence-electron chi connectivity index (χ4n) is 1.26. The number of hydrogen-bond acceptors (Lipinski definition) is 4. The zero-order chi connectivity index (χ0) is 11.0. The standard InChI is InChI=1S/C9H20O4Si/c1-9(11)6-4-5-7-14(8-10,12-2)13-3/h10H,4-8H2,1-3H3. The van der Waals surface area contributed by atoms with Crippen molar-refractivity contribution < 1.29 is 18.8 Å². The van der Waals surface area contributed by atoms with Gasteiger partial charge in [0.1, 0.15) is 5.78 Å². The van der Waals surface area contributed by atoms with Crippen LogP contribution in [0.2, 0.25) is 6.04 Å². The molecule has 0 bridgehead atoms. The normalized spacial score (nSPS) is 11.7. The van der Waals surface area contributed by atoms with E-state index in [2.05, 4.69) is 0 Å². The maximum absolute atomic E-state index is 10.7. The summed E-state index contributed by atoms with van der Waals surface area (Å²) >= 11 is 0. The lowest BCUT2D eigenvalue weighted by atomic mass is 10.2. The Hall–Kier alpha value is -0.233. The van der Waals surface area contributed by atoms with E-state index in [0.717, 1.165) is 18.9 Å². The molecule has 0 aromatic heterocycles. The molecule has 1 N–H and O–H groups in total. The number of hydrogen-bond donors (Lipinski definition) is 1. The van der Waals surface area contributed by atoms with Crippen LogP contribution in [0.3, 0.4) is 0 Å². The van der Waals surface area contributed by atoms with Crippen molar-refractivity contribution in [3.63, 3.8) is 0 Å². The number of rotatable bonds is 8. The van der Waals surface area contributed by atoms with E-state index < -0.39 is 8.56 Å².